The molecule has 0 radical (unpaired) electrons. The number of halogens is 2. The zero-order valence-electron chi connectivity index (χ0n) is 17.6. The Bertz CT molecular complexity index is 974. The van der Waals surface area contributed by atoms with Gasteiger partial charge in [0.05, 0.1) is 5.60 Å². The van der Waals surface area contributed by atoms with Gasteiger partial charge in [0.15, 0.2) is 0 Å². The standard InChI is InChI=1S/C24H27F2NO3S/c1-15-8-9-21(16-6-4-3-5-7-16)31-27(15)12-17-10-20(26)18(11-19(17)25)24(22(28)29)13-23(2,30)14-24/h3-7,10-11,15,21,30H,8-9,12-14H2,1-2H3,(H,28,29)/t15-,21+,23-,24-/m0/s1. The molecular formula is C24H27F2NO3S. The molecule has 2 aromatic carbocycles. The summed E-state index contributed by atoms with van der Waals surface area (Å²) in [6.07, 6.45) is 1.70. The van der Waals surface area contributed by atoms with E-state index in [1.165, 1.54) is 12.5 Å². The number of nitrogens with zero attached hydrogens (tertiary/aromatic N) is 1. The fourth-order valence-electron chi connectivity index (χ4n) is 4.89. The molecular weight excluding hydrogens is 420 g/mol. The van der Waals surface area contributed by atoms with Crippen molar-refractivity contribution in [2.45, 2.75) is 68.4 Å². The maximum absolute atomic E-state index is 15.0. The van der Waals surface area contributed by atoms with Gasteiger partial charge in [0.2, 0.25) is 0 Å². The number of carboxylic acids is 1. The van der Waals surface area contributed by atoms with Gasteiger partial charge in [-0.1, -0.05) is 42.3 Å². The third-order valence-electron chi connectivity index (χ3n) is 6.52. The van der Waals surface area contributed by atoms with Crippen molar-refractivity contribution in [3.8, 4) is 0 Å². The van der Waals surface area contributed by atoms with Crippen molar-refractivity contribution in [1.82, 2.24) is 4.31 Å². The summed E-state index contributed by atoms with van der Waals surface area (Å²) in [7, 11) is 0. The first-order chi connectivity index (χ1) is 14.6. The number of hydrogen-bond donors (Lipinski definition) is 2. The summed E-state index contributed by atoms with van der Waals surface area (Å²) in [6, 6.07) is 12.5. The number of carbonyl (C=O) groups is 1. The van der Waals surface area contributed by atoms with Crippen LogP contribution in [-0.2, 0) is 16.8 Å². The third kappa shape index (κ3) is 4.23. The second-order valence-electron chi connectivity index (χ2n) is 9.17. The molecule has 0 unspecified atom stereocenters. The van der Waals surface area contributed by atoms with Gasteiger partial charge in [-0.15, -0.1) is 0 Å². The van der Waals surface area contributed by atoms with Crippen LogP contribution >= 0.6 is 11.9 Å². The first kappa shape index (κ1) is 22.2. The predicted molar refractivity (Wildman–Crippen MR) is 117 cm³/mol. The van der Waals surface area contributed by atoms with E-state index in [1.54, 1.807) is 11.9 Å². The van der Waals surface area contributed by atoms with Gasteiger partial charge >= 0.3 is 5.97 Å². The zero-order chi connectivity index (χ0) is 22.4. The Morgan fingerprint density at radius 1 is 1.16 bits per heavy atom. The molecule has 0 bridgehead atoms. The van der Waals surface area contributed by atoms with Crippen LogP contribution in [0.1, 0.15) is 61.5 Å². The minimum Gasteiger partial charge on any atom is -0.481 e. The molecule has 7 heteroatoms. The Morgan fingerprint density at radius 3 is 2.45 bits per heavy atom. The van der Waals surface area contributed by atoms with Crippen molar-refractivity contribution >= 4 is 17.9 Å². The van der Waals surface area contributed by atoms with Crippen molar-refractivity contribution < 1.29 is 23.8 Å². The molecule has 1 aliphatic carbocycles. The molecule has 4 rings (SSSR count). The molecule has 2 fully saturated rings. The number of hydrogen-bond acceptors (Lipinski definition) is 4. The topological polar surface area (TPSA) is 60.8 Å². The Balaban J connectivity index is 1.57. The van der Waals surface area contributed by atoms with Crippen molar-refractivity contribution in [2.75, 3.05) is 0 Å². The van der Waals surface area contributed by atoms with Crippen molar-refractivity contribution in [2.24, 2.45) is 0 Å². The maximum atomic E-state index is 15.0. The highest BCUT2D eigenvalue weighted by molar-refractivity contribution is 7.97. The Hall–Kier alpha value is -1.96. The highest BCUT2D eigenvalue weighted by Gasteiger charge is 2.58. The summed E-state index contributed by atoms with van der Waals surface area (Å²) in [6.45, 7) is 3.82. The van der Waals surface area contributed by atoms with Crippen LogP contribution in [0.5, 0.6) is 0 Å². The summed E-state index contributed by atoms with van der Waals surface area (Å²) >= 11 is 1.65. The van der Waals surface area contributed by atoms with E-state index in [0.29, 0.717) is 0 Å². The first-order valence-electron chi connectivity index (χ1n) is 10.5. The lowest BCUT2D eigenvalue weighted by molar-refractivity contribution is -0.162. The lowest BCUT2D eigenvalue weighted by Gasteiger charge is -2.49. The second kappa shape index (κ2) is 8.19. The quantitative estimate of drug-likeness (QED) is 0.617. The molecule has 2 N–H and O–H groups in total. The lowest BCUT2D eigenvalue weighted by Crippen LogP contribution is -2.57. The number of aliphatic hydroxyl groups is 1. The molecule has 0 spiro atoms. The first-order valence-corrected chi connectivity index (χ1v) is 11.4. The van der Waals surface area contributed by atoms with Gasteiger partial charge in [-0.3, -0.25) is 4.79 Å². The molecule has 1 heterocycles. The summed E-state index contributed by atoms with van der Waals surface area (Å²) in [5, 5.41) is 20.0. The minimum absolute atomic E-state index is 0.136. The Kier molecular flexibility index (Phi) is 5.87. The van der Waals surface area contributed by atoms with Crippen LogP contribution in [0.3, 0.4) is 0 Å². The fourth-order valence-corrected chi connectivity index (χ4v) is 6.27. The number of aliphatic carboxylic acids is 1. The molecule has 2 aromatic rings. The van der Waals surface area contributed by atoms with Crippen LogP contribution in [0.2, 0.25) is 0 Å². The summed E-state index contributed by atoms with van der Waals surface area (Å²) in [5.41, 5.74) is -1.53. The van der Waals surface area contributed by atoms with Gasteiger partial charge in [0.25, 0.3) is 0 Å². The molecule has 1 saturated heterocycles. The minimum atomic E-state index is -1.58. The smallest absolute Gasteiger partial charge is 0.314 e. The number of carboxylic acid groups (broad SMARTS) is 1. The second-order valence-corrected chi connectivity index (χ2v) is 10.4. The molecule has 1 aliphatic heterocycles. The van der Waals surface area contributed by atoms with E-state index in [4.69, 9.17) is 0 Å². The van der Waals surface area contributed by atoms with Crippen LogP contribution < -0.4 is 0 Å². The average Bonchev–Trinajstić information content (AvgIpc) is 2.70. The summed E-state index contributed by atoms with van der Waals surface area (Å²) in [5.74, 6) is -2.59. The molecule has 0 aromatic heterocycles. The van der Waals surface area contributed by atoms with E-state index in [-0.39, 0.29) is 41.8 Å². The molecule has 31 heavy (non-hydrogen) atoms. The van der Waals surface area contributed by atoms with E-state index in [2.05, 4.69) is 23.4 Å². The largest absolute Gasteiger partial charge is 0.481 e. The highest BCUT2D eigenvalue weighted by Crippen LogP contribution is 2.51. The van der Waals surface area contributed by atoms with Crippen LogP contribution in [0, 0.1) is 11.6 Å². The highest BCUT2D eigenvalue weighted by atomic mass is 32.2. The molecule has 1 saturated carbocycles. The van der Waals surface area contributed by atoms with Crippen molar-refractivity contribution in [3.63, 3.8) is 0 Å². The Labute approximate surface area is 185 Å². The lowest BCUT2D eigenvalue weighted by atomic mass is 9.56. The molecule has 4 nitrogen and oxygen atoms in total. The van der Waals surface area contributed by atoms with Crippen LogP contribution in [-0.4, -0.2) is 32.1 Å². The van der Waals surface area contributed by atoms with Gasteiger partial charge in [0, 0.05) is 29.0 Å². The van der Waals surface area contributed by atoms with Crippen molar-refractivity contribution in [1.29, 1.82) is 0 Å². The molecule has 2 atom stereocenters. The molecule has 0 amide bonds. The zero-order valence-corrected chi connectivity index (χ0v) is 18.5. The van der Waals surface area contributed by atoms with E-state index >= 15 is 8.78 Å². The number of rotatable bonds is 5. The van der Waals surface area contributed by atoms with Crippen molar-refractivity contribution in [3.05, 3.63) is 70.8 Å². The van der Waals surface area contributed by atoms with Crippen LogP contribution in [0.15, 0.2) is 42.5 Å². The predicted octanol–water partition coefficient (Wildman–Crippen LogP) is 5.21. The van der Waals surface area contributed by atoms with Crippen LogP contribution in [0.4, 0.5) is 8.78 Å². The normalized spacial score (nSPS) is 31.3. The monoisotopic (exact) mass is 447 g/mol. The van der Waals surface area contributed by atoms with Gasteiger partial charge < -0.3 is 10.2 Å². The molecule has 166 valence electrons. The third-order valence-corrected chi connectivity index (χ3v) is 8.05. The van der Waals surface area contributed by atoms with Gasteiger partial charge in [-0.05, 0) is 57.2 Å². The number of benzene rings is 2. The maximum Gasteiger partial charge on any atom is 0.314 e. The van der Waals surface area contributed by atoms with Gasteiger partial charge in [0.1, 0.15) is 17.0 Å². The van der Waals surface area contributed by atoms with Gasteiger partial charge in [-0.25, -0.2) is 13.1 Å². The summed E-state index contributed by atoms with van der Waals surface area (Å²) in [4.78, 5) is 11.9. The van der Waals surface area contributed by atoms with E-state index in [0.717, 1.165) is 25.0 Å². The van der Waals surface area contributed by atoms with E-state index in [1.807, 2.05) is 18.2 Å². The van der Waals surface area contributed by atoms with E-state index in [9.17, 15) is 15.0 Å². The SMILES string of the molecule is C[C@H]1CC[C@H](c2ccccc2)SN1Cc1cc(F)c([C@]2(C(=O)O)C[C@](C)(O)C2)cc1F. The summed E-state index contributed by atoms with van der Waals surface area (Å²) < 4.78 is 32.1. The fraction of sp³-hybridized carbons (Fsp3) is 0.458. The average molecular weight is 448 g/mol. The van der Waals surface area contributed by atoms with E-state index < -0.39 is 28.6 Å². The molecule has 2 aliphatic rings. The Morgan fingerprint density at radius 2 is 1.84 bits per heavy atom. The van der Waals surface area contributed by atoms with Crippen LogP contribution in [0.25, 0.3) is 0 Å². The van der Waals surface area contributed by atoms with Gasteiger partial charge in [-0.2, -0.15) is 0 Å².